The number of hydrogen-bond acceptors (Lipinski definition) is 4. The van der Waals surface area contributed by atoms with Crippen molar-refractivity contribution in [2.24, 2.45) is 5.84 Å². The van der Waals surface area contributed by atoms with E-state index >= 15 is 0 Å². The lowest BCUT2D eigenvalue weighted by Gasteiger charge is -2.16. The topological polar surface area (TPSA) is 50.9 Å². The molecule has 1 aromatic heterocycles. The largest absolute Gasteiger partial charge is 0.271 e. The minimum absolute atomic E-state index is 0.177. The van der Waals surface area contributed by atoms with E-state index in [-0.39, 0.29) is 11.9 Å². The van der Waals surface area contributed by atoms with Crippen molar-refractivity contribution in [3.63, 3.8) is 0 Å². The fourth-order valence-electron chi connectivity index (χ4n) is 1.71. The van der Waals surface area contributed by atoms with Crippen LogP contribution in [0.5, 0.6) is 0 Å². The number of hydrazine groups is 1. The number of nitrogens with zero attached hydrogens (tertiary/aromatic N) is 1. The lowest BCUT2D eigenvalue weighted by molar-refractivity contribution is 0.548. The number of aromatic nitrogens is 1. The van der Waals surface area contributed by atoms with E-state index in [1.165, 1.54) is 12.1 Å². The van der Waals surface area contributed by atoms with Gasteiger partial charge in [0.1, 0.15) is 5.82 Å². The van der Waals surface area contributed by atoms with Gasteiger partial charge >= 0.3 is 0 Å². The molecular formula is C12H13ClFN3S. The molecule has 0 aliphatic rings. The average Bonchev–Trinajstić information content (AvgIpc) is 2.72. The van der Waals surface area contributed by atoms with Gasteiger partial charge in [0.05, 0.1) is 11.0 Å². The van der Waals surface area contributed by atoms with Gasteiger partial charge in [-0.3, -0.25) is 11.3 Å². The smallest absolute Gasteiger partial charge is 0.124 e. The van der Waals surface area contributed by atoms with Gasteiger partial charge in [-0.1, -0.05) is 17.7 Å². The Morgan fingerprint density at radius 2 is 2.33 bits per heavy atom. The maximum Gasteiger partial charge on any atom is 0.124 e. The second-order valence-corrected chi connectivity index (χ2v) is 5.32. The Hall–Kier alpha value is -1.01. The minimum Gasteiger partial charge on any atom is -0.271 e. The fourth-order valence-corrected chi connectivity index (χ4v) is 2.83. The Labute approximate surface area is 114 Å². The third kappa shape index (κ3) is 3.05. The highest BCUT2D eigenvalue weighted by atomic mass is 35.5. The van der Waals surface area contributed by atoms with Crippen molar-refractivity contribution < 1.29 is 4.39 Å². The van der Waals surface area contributed by atoms with Gasteiger partial charge < -0.3 is 0 Å². The molecule has 1 unspecified atom stereocenters. The van der Waals surface area contributed by atoms with Gasteiger partial charge in [0.2, 0.25) is 0 Å². The summed E-state index contributed by atoms with van der Waals surface area (Å²) in [5, 5.41) is 3.32. The van der Waals surface area contributed by atoms with Crippen LogP contribution in [-0.2, 0) is 6.42 Å². The number of rotatable bonds is 4. The maximum absolute atomic E-state index is 13.0. The van der Waals surface area contributed by atoms with Crippen LogP contribution in [0.4, 0.5) is 4.39 Å². The third-order valence-corrected chi connectivity index (χ3v) is 3.90. The summed E-state index contributed by atoms with van der Waals surface area (Å²) in [7, 11) is 0. The average molecular weight is 286 g/mol. The van der Waals surface area contributed by atoms with E-state index in [0.29, 0.717) is 11.4 Å². The number of nitrogens with two attached hydrogens (primary N) is 1. The molecule has 0 saturated carbocycles. The molecule has 1 heterocycles. The van der Waals surface area contributed by atoms with Gasteiger partial charge in [0.25, 0.3) is 0 Å². The lowest BCUT2D eigenvalue weighted by atomic mass is 10.0. The van der Waals surface area contributed by atoms with Crippen molar-refractivity contribution in [3.8, 4) is 0 Å². The SMILES string of the molecule is Cc1csc(CC(NN)c2ccc(F)cc2Cl)n1. The van der Waals surface area contributed by atoms with E-state index in [0.717, 1.165) is 16.3 Å². The highest BCUT2D eigenvalue weighted by molar-refractivity contribution is 7.09. The Bertz CT molecular complexity index is 544. The predicted octanol–water partition coefficient (Wildman–Crippen LogP) is 2.99. The summed E-state index contributed by atoms with van der Waals surface area (Å²) >= 11 is 7.59. The first-order chi connectivity index (χ1) is 8.60. The number of benzene rings is 1. The van der Waals surface area contributed by atoms with Gasteiger partial charge in [0, 0.05) is 22.5 Å². The standard InChI is InChI=1S/C12H13ClFN3S/c1-7-6-18-12(16-7)5-11(17-15)9-3-2-8(14)4-10(9)13/h2-4,6,11,17H,5,15H2,1H3. The molecule has 96 valence electrons. The zero-order chi connectivity index (χ0) is 13.1. The summed E-state index contributed by atoms with van der Waals surface area (Å²) in [4.78, 5) is 4.38. The number of aryl methyl sites for hydroxylation is 1. The van der Waals surface area contributed by atoms with Crippen molar-refractivity contribution in [1.82, 2.24) is 10.4 Å². The summed E-state index contributed by atoms with van der Waals surface area (Å²) in [5.41, 5.74) is 4.45. The van der Waals surface area contributed by atoms with Crippen LogP contribution in [0, 0.1) is 12.7 Å². The van der Waals surface area contributed by atoms with Crippen LogP contribution in [0.25, 0.3) is 0 Å². The molecule has 1 aromatic carbocycles. The molecule has 6 heteroatoms. The first-order valence-corrected chi connectivity index (χ1v) is 6.68. The highest BCUT2D eigenvalue weighted by Crippen LogP contribution is 2.27. The molecule has 0 bridgehead atoms. The Balaban J connectivity index is 2.22. The second kappa shape index (κ2) is 5.75. The molecule has 0 amide bonds. The first kappa shape index (κ1) is 13.4. The van der Waals surface area contributed by atoms with E-state index in [1.807, 2.05) is 12.3 Å². The molecule has 0 saturated heterocycles. The Morgan fingerprint density at radius 1 is 1.56 bits per heavy atom. The predicted molar refractivity (Wildman–Crippen MR) is 72.0 cm³/mol. The van der Waals surface area contributed by atoms with Gasteiger partial charge in [-0.25, -0.2) is 9.37 Å². The highest BCUT2D eigenvalue weighted by Gasteiger charge is 2.16. The van der Waals surface area contributed by atoms with E-state index in [9.17, 15) is 4.39 Å². The summed E-state index contributed by atoms with van der Waals surface area (Å²) < 4.78 is 13.0. The van der Waals surface area contributed by atoms with Crippen LogP contribution in [0.15, 0.2) is 23.6 Å². The molecular weight excluding hydrogens is 273 g/mol. The van der Waals surface area contributed by atoms with Crippen molar-refractivity contribution in [2.45, 2.75) is 19.4 Å². The zero-order valence-corrected chi connectivity index (χ0v) is 11.4. The quantitative estimate of drug-likeness (QED) is 0.671. The molecule has 0 radical (unpaired) electrons. The Kier molecular flexibility index (Phi) is 4.29. The Morgan fingerprint density at radius 3 is 2.89 bits per heavy atom. The van der Waals surface area contributed by atoms with E-state index < -0.39 is 0 Å². The van der Waals surface area contributed by atoms with Crippen LogP contribution < -0.4 is 11.3 Å². The molecule has 3 nitrogen and oxygen atoms in total. The molecule has 2 aromatic rings. The molecule has 3 N–H and O–H groups in total. The first-order valence-electron chi connectivity index (χ1n) is 5.42. The number of halogens is 2. The van der Waals surface area contributed by atoms with Crippen LogP contribution >= 0.6 is 22.9 Å². The zero-order valence-electron chi connectivity index (χ0n) is 9.78. The lowest BCUT2D eigenvalue weighted by Crippen LogP contribution is -2.29. The molecule has 1 atom stereocenters. The molecule has 0 aliphatic carbocycles. The van der Waals surface area contributed by atoms with E-state index in [4.69, 9.17) is 17.4 Å². The van der Waals surface area contributed by atoms with Gasteiger partial charge in [-0.05, 0) is 24.6 Å². The fraction of sp³-hybridized carbons (Fsp3) is 0.250. The monoisotopic (exact) mass is 285 g/mol. The maximum atomic E-state index is 13.0. The summed E-state index contributed by atoms with van der Waals surface area (Å²) in [6.07, 6.45) is 0.625. The molecule has 0 aliphatic heterocycles. The summed E-state index contributed by atoms with van der Waals surface area (Å²) in [5.74, 6) is 5.18. The normalized spacial score (nSPS) is 12.7. The van der Waals surface area contributed by atoms with Crippen molar-refractivity contribution in [2.75, 3.05) is 0 Å². The summed E-state index contributed by atoms with van der Waals surface area (Å²) in [6.45, 7) is 1.94. The van der Waals surface area contributed by atoms with E-state index in [1.54, 1.807) is 17.4 Å². The molecule has 18 heavy (non-hydrogen) atoms. The van der Waals surface area contributed by atoms with Crippen LogP contribution in [0.1, 0.15) is 22.3 Å². The second-order valence-electron chi connectivity index (χ2n) is 3.97. The minimum atomic E-state index is -0.357. The van der Waals surface area contributed by atoms with Crippen molar-refractivity contribution in [1.29, 1.82) is 0 Å². The third-order valence-electron chi connectivity index (χ3n) is 2.58. The van der Waals surface area contributed by atoms with Gasteiger partial charge in [0.15, 0.2) is 0 Å². The van der Waals surface area contributed by atoms with E-state index in [2.05, 4.69) is 10.4 Å². The van der Waals surface area contributed by atoms with Crippen LogP contribution in [-0.4, -0.2) is 4.98 Å². The molecule has 2 rings (SSSR count). The molecule has 0 fully saturated rings. The summed E-state index contributed by atoms with van der Waals surface area (Å²) in [6, 6.07) is 4.12. The number of nitrogens with one attached hydrogen (secondary N) is 1. The number of thiazole rings is 1. The van der Waals surface area contributed by atoms with Crippen molar-refractivity contribution >= 4 is 22.9 Å². The van der Waals surface area contributed by atoms with Gasteiger partial charge in [-0.15, -0.1) is 11.3 Å². The molecule has 0 spiro atoms. The van der Waals surface area contributed by atoms with Gasteiger partial charge in [-0.2, -0.15) is 0 Å². The van der Waals surface area contributed by atoms with Crippen LogP contribution in [0.2, 0.25) is 5.02 Å². The van der Waals surface area contributed by atoms with Crippen LogP contribution in [0.3, 0.4) is 0 Å². The number of hydrogen-bond donors (Lipinski definition) is 2. The van der Waals surface area contributed by atoms with Crippen molar-refractivity contribution in [3.05, 3.63) is 50.7 Å².